The third kappa shape index (κ3) is 4.15. The molecule has 3 N–H and O–H groups in total. The Morgan fingerprint density at radius 1 is 1.12 bits per heavy atom. The molecule has 1 heterocycles. The number of hydrogen-bond acceptors (Lipinski definition) is 5. The lowest BCUT2D eigenvalue weighted by Gasteiger charge is -2.46. The van der Waals surface area contributed by atoms with Crippen LogP contribution >= 0.6 is 0 Å². The van der Waals surface area contributed by atoms with Gasteiger partial charge in [-0.3, -0.25) is 14.4 Å². The minimum absolute atomic E-state index is 0.0513. The van der Waals surface area contributed by atoms with Gasteiger partial charge in [0.2, 0.25) is 11.6 Å². The molecule has 8 heteroatoms. The predicted octanol–water partition coefficient (Wildman–Crippen LogP) is 3.92. The number of anilines is 1. The summed E-state index contributed by atoms with van der Waals surface area (Å²) >= 11 is 0. The van der Waals surface area contributed by atoms with Crippen molar-refractivity contribution in [3.63, 3.8) is 0 Å². The largest absolute Gasteiger partial charge is 0.480 e. The van der Waals surface area contributed by atoms with Crippen molar-refractivity contribution in [2.75, 3.05) is 11.9 Å². The summed E-state index contributed by atoms with van der Waals surface area (Å²) in [6, 6.07) is 9.66. The van der Waals surface area contributed by atoms with Crippen LogP contribution in [0.5, 0.6) is 0 Å². The van der Waals surface area contributed by atoms with E-state index >= 15 is 0 Å². The number of carboxylic acids is 1. The highest BCUT2D eigenvalue weighted by Gasteiger charge is 2.55. The van der Waals surface area contributed by atoms with Gasteiger partial charge in [-0.1, -0.05) is 31.5 Å². The zero-order chi connectivity index (χ0) is 23.8. The van der Waals surface area contributed by atoms with Gasteiger partial charge in [-0.15, -0.1) is 0 Å². The van der Waals surface area contributed by atoms with Crippen LogP contribution in [0.3, 0.4) is 0 Å². The molecule has 0 radical (unpaired) electrons. The molecule has 2 aliphatic rings. The van der Waals surface area contributed by atoms with E-state index < -0.39 is 52.6 Å². The van der Waals surface area contributed by atoms with Crippen LogP contribution in [0.15, 0.2) is 42.5 Å². The highest BCUT2D eigenvalue weighted by Crippen LogP contribution is 2.51. The molecule has 0 spiro atoms. The Balaban J connectivity index is 1.77. The second-order valence-electron chi connectivity index (χ2n) is 8.80. The molecule has 1 aliphatic carbocycles. The summed E-state index contributed by atoms with van der Waals surface area (Å²) in [6.45, 7) is 2.00. The number of likely N-dealkylation sites (N-methyl/N-ethyl adjacent to an activating group) is 1. The fourth-order valence-electron chi connectivity index (χ4n) is 5.59. The first-order chi connectivity index (χ1) is 15.8. The summed E-state index contributed by atoms with van der Waals surface area (Å²) in [5, 5.41) is 17.0. The number of para-hydroxylation sites is 1. The maximum atomic E-state index is 13.6. The molecule has 33 heavy (non-hydrogen) atoms. The van der Waals surface area contributed by atoms with Crippen molar-refractivity contribution < 1.29 is 28.3 Å². The average Bonchev–Trinajstić information content (AvgIpc) is 3.23. The Morgan fingerprint density at radius 3 is 2.48 bits per heavy atom. The Bertz CT molecular complexity index is 1090. The molecule has 0 aromatic heterocycles. The minimum atomic E-state index is -1.75. The molecule has 2 unspecified atom stereocenters. The van der Waals surface area contributed by atoms with Crippen LogP contribution in [0.2, 0.25) is 0 Å². The Kier molecular flexibility index (Phi) is 6.30. The van der Waals surface area contributed by atoms with Crippen molar-refractivity contribution in [1.29, 1.82) is 0 Å². The van der Waals surface area contributed by atoms with Gasteiger partial charge in [0, 0.05) is 35.7 Å². The zero-order valence-corrected chi connectivity index (χ0v) is 18.2. The van der Waals surface area contributed by atoms with Crippen molar-refractivity contribution >= 4 is 23.2 Å². The highest BCUT2D eigenvalue weighted by atomic mass is 19.1. The Labute approximate surface area is 190 Å². The van der Waals surface area contributed by atoms with Crippen LogP contribution in [-0.2, 0) is 9.59 Å². The first kappa shape index (κ1) is 23.0. The predicted molar refractivity (Wildman–Crippen MR) is 118 cm³/mol. The molecule has 1 saturated carbocycles. The molecular weight excluding hydrogens is 430 g/mol. The molecular formula is C25H26F2N2O4. The van der Waals surface area contributed by atoms with E-state index in [1.54, 1.807) is 6.92 Å². The fraction of sp³-hybridized carbons (Fsp3) is 0.400. The number of Topliss-reactive ketones (excluding diaryl/α,β-unsaturated/α-hetero) is 2. The van der Waals surface area contributed by atoms with E-state index in [0.29, 0.717) is 6.07 Å². The van der Waals surface area contributed by atoms with Gasteiger partial charge in [0.1, 0.15) is 17.2 Å². The number of carbonyl (C=O) groups is 3. The van der Waals surface area contributed by atoms with Gasteiger partial charge in [0.15, 0.2) is 0 Å². The normalized spacial score (nSPS) is 23.1. The van der Waals surface area contributed by atoms with Gasteiger partial charge < -0.3 is 15.7 Å². The van der Waals surface area contributed by atoms with Crippen molar-refractivity contribution in [1.82, 2.24) is 5.32 Å². The second kappa shape index (κ2) is 9.02. The maximum Gasteiger partial charge on any atom is 0.325 e. The number of hydrogen-bond donors (Lipinski definition) is 3. The number of carbonyl (C=O) groups excluding carboxylic acids is 2. The topological polar surface area (TPSA) is 95.5 Å². The second-order valence-corrected chi connectivity index (χ2v) is 8.80. The summed E-state index contributed by atoms with van der Waals surface area (Å²) in [5.74, 6) is -5.93. The summed E-state index contributed by atoms with van der Waals surface area (Å²) in [7, 11) is 0. The number of halogens is 2. The number of fused-ring (bicyclic) bond motifs is 2. The van der Waals surface area contributed by atoms with Gasteiger partial charge >= 0.3 is 5.97 Å². The molecule has 1 fully saturated rings. The molecule has 2 aromatic rings. The maximum absolute atomic E-state index is 13.6. The van der Waals surface area contributed by atoms with Gasteiger partial charge in [-0.05, 0) is 49.1 Å². The number of carboxylic acid groups (broad SMARTS) is 1. The summed E-state index contributed by atoms with van der Waals surface area (Å²) in [5.41, 5.74) is -0.585. The molecule has 0 amide bonds. The molecule has 0 saturated heterocycles. The fourth-order valence-corrected chi connectivity index (χ4v) is 5.59. The molecule has 4 rings (SSSR count). The summed E-state index contributed by atoms with van der Waals surface area (Å²) in [4.78, 5) is 38.7. The molecule has 174 valence electrons. The monoisotopic (exact) mass is 456 g/mol. The quantitative estimate of drug-likeness (QED) is 0.412. The number of aliphatic carboxylic acids is 1. The minimum Gasteiger partial charge on any atom is -0.480 e. The van der Waals surface area contributed by atoms with E-state index in [4.69, 9.17) is 0 Å². The first-order valence-corrected chi connectivity index (χ1v) is 11.1. The van der Waals surface area contributed by atoms with Crippen LogP contribution < -0.4 is 10.6 Å². The number of nitrogens with one attached hydrogen (secondary N) is 2. The molecule has 6 nitrogen and oxygen atoms in total. The molecule has 1 aliphatic heterocycles. The van der Waals surface area contributed by atoms with E-state index in [-0.39, 0.29) is 18.5 Å². The summed E-state index contributed by atoms with van der Waals surface area (Å²) in [6.07, 6.45) is 1.96. The van der Waals surface area contributed by atoms with Gasteiger partial charge in [0.05, 0.1) is 0 Å². The number of rotatable bonds is 8. The summed E-state index contributed by atoms with van der Waals surface area (Å²) < 4.78 is 27.2. The lowest BCUT2D eigenvalue weighted by molar-refractivity contribution is -0.149. The van der Waals surface area contributed by atoms with Crippen LogP contribution in [0.1, 0.15) is 54.4 Å². The highest BCUT2D eigenvalue weighted by molar-refractivity contribution is 6.44. The SMILES string of the molecule is CCNC(CC(=O)C(=O)c1cc(F)cc(F)c1)(C(=O)O)C1c2ccccc2N[C@@H]2CCC[C@H]12. The lowest BCUT2D eigenvalue weighted by Crippen LogP contribution is -2.61. The molecule has 2 aromatic carbocycles. The Morgan fingerprint density at radius 2 is 1.82 bits per heavy atom. The van der Waals surface area contributed by atoms with Gasteiger partial charge in [-0.2, -0.15) is 0 Å². The van der Waals surface area contributed by atoms with Crippen LogP contribution in [0.4, 0.5) is 14.5 Å². The van der Waals surface area contributed by atoms with Gasteiger partial charge in [-0.25, -0.2) is 8.78 Å². The molecule has 0 bridgehead atoms. The third-order valence-electron chi connectivity index (χ3n) is 6.86. The van der Waals surface area contributed by atoms with Crippen molar-refractivity contribution in [3.05, 3.63) is 65.2 Å². The smallest absolute Gasteiger partial charge is 0.325 e. The first-order valence-electron chi connectivity index (χ1n) is 11.1. The standard InChI is InChI=1S/C25H26F2N2O4/c1-2-28-25(24(32)33,13-21(30)23(31)14-10-15(26)12-16(27)11-14)22-17-6-3-4-8-19(17)29-20-9-5-7-18(20)22/h3-4,6,8,10-12,18,20,22,28-29H,2,5,7,9,13H2,1H3,(H,32,33)/t18-,20+,22?,25?/m0/s1. The van der Waals surface area contributed by atoms with E-state index in [9.17, 15) is 28.3 Å². The van der Waals surface area contributed by atoms with Crippen LogP contribution in [0, 0.1) is 17.6 Å². The van der Waals surface area contributed by atoms with Crippen LogP contribution in [-0.4, -0.2) is 40.8 Å². The average molecular weight is 456 g/mol. The third-order valence-corrected chi connectivity index (χ3v) is 6.86. The Hall–Kier alpha value is -3.13. The van der Waals surface area contributed by atoms with Gasteiger partial charge in [0.25, 0.3) is 0 Å². The van der Waals surface area contributed by atoms with E-state index in [2.05, 4.69) is 10.6 Å². The van der Waals surface area contributed by atoms with E-state index in [1.807, 2.05) is 24.3 Å². The van der Waals surface area contributed by atoms with Crippen LogP contribution in [0.25, 0.3) is 0 Å². The molecule has 4 atom stereocenters. The zero-order valence-electron chi connectivity index (χ0n) is 18.2. The van der Waals surface area contributed by atoms with E-state index in [0.717, 1.165) is 42.6 Å². The number of benzene rings is 2. The van der Waals surface area contributed by atoms with E-state index in [1.165, 1.54) is 0 Å². The van der Waals surface area contributed by atoms with Crippen molar-refractivity contribution in [2.45, 2.75) is 50.1 Å². The van der Waals surface area contributed by atoms with Crippen molar-refractivity contribution in [3.8, 4) is 0 Å². The van der Waals surface area contributed by atoms with Crippen molar-refractivity contribution in [2.24, 2.45) is 5.92 Å². The number of ketones is 2. The lowest BCUT2D eigenvalue weighted by atomic mass is 9.65.